The first kappa shape index (κ1) is 16.6. The van der Waals surface area contributed by atoms with Crippen LogP contribution in [-0.2, 0) is 9.31 Å². The Kier molecular flexibility index (Phi) is 4.40. The quantitative estimate of drug-likeness (QED) is 0.795. The van der Waals surface area contributed by atoms with E-state index in [1.54, 1.807) is 12.1 Å². The Labute approximate surface area is 140 Å². The van der Waals surface area contributed by atoms with E-state index in [0.29, 0.717) is 24.2 Å². The van der Waals surface area contributed by atoms with E-state index in [9.17, 15) is 14.0 Å². The molecule has 0 atom stereocenters. The van der Waals surface area contributed by atoms with Crippen LogP contribution in [0, 0.1) is 28.4 Å². The third-order valence-electron chi connectivity index (χ3n) is 3.91. The van der Waals surface area contributed by atoms with Gasteiger partial charge in [-0.2, -0.15) is 5.26 Å². The summed E-state index contributed by atoms with van der Waals surface area (Å²) in [5, 5.41) is 9.18. The van der Waals surface area contributed by atoms with Crippen LogP contribution in [0.15, 0.2) is 36.4 Å². The second-order valence-corrected chi connectivity index (χ2v) is 6.66. The number of hydrogen-bond acceptors (Lipinski definition) is 3. The fraction of sp³-hybridized carbons (Fsp3) is 0.278. The van der Waals surface area contributed by atoms with E-state index in [2.05, 4.69) is 0 Å². The highest BCUT2D eigenvalue weighted by molar-refractivity contribution is 6.61. The van der Waals surface area contributed by atoms with E-state index in [-0.39, 0.29) is 16.5 Å². The average molecular weight is 327 g/mol. The summed E-state index contributed by atoms with van der Waals surface area (Å²) in [5.74, 6) is -1.02. The molecule has 0 aromatic heterocycles. The van der Waals surface area contributed by atoms with E-state index in [1.807, 2.05) is 19.9 Å². The molecule has 0 saturated carbocycles. The van der Waals surface area contributed by atoms with Gasteiger partial charge in [0.25, 0.3) is 0 Å². The molecule has 0 N–H and O–H groups in total. The van der Waals surface area contributed by atoms with E-state index in [4.69, 9.17) is 9.31 Å². The molecule has 0 radical (unpaired) electrons. The van der Waals surface area contributed by atoms with Crippen molar-refractivity contribution < 1.29 is 18.1 Å². The minimum Gasteiger partial charge on any atom is -0.407 e. The fourth-order valence-corrected chi connectivity index (χ4v) is 2.62. The molecule has 1 saturated heterocycles. The number of rotatable bonds is 2. The Bertz CT molecular complexity index is 807. The molecule has 0 amide bonds. The predicted octanol–water partition coefficient (Wildman–Crippen LogP) is 3.27. The van der Waals surface area contributed by atoms with Crippen molar-refractivity contribution in [2.45, 2.75) is 13.8 Å². The molecule has 1 aliphatic heterocycles. The maximum atomic E-state index is 14.3. The van der Waals surface area contributed by atoms with Crippen LogP contribution in [0.25, 0.3) is 11.1 Å². The van der Waals surface area contributed by atoms with Gasteiger partial charge in [0.2, 0.25) is 0 Å². The van der Waals surface area contributed by atoms with Crippen LogP contribution >= 0.6 is 0 Å². The molecule has 122 valence electrons. The third-order valence-corrected chi connectivity index (χ3v) is 3.91. The van der Waals surface area contributed by atoms with Crippen LogP contribution in [-0.4, -0.2) is 20.3 Å². The van der Waals surface area contributed by atoms with Crippen molar-refractivity contribution in [3.05, 3.63) is 53.6 Å². The summed E-state index contributed by atoms with van der Waals surface area (Å²) in [6.45, 7) is 5.14. The minimum atomic E-state index is -0.580. The van der Waals surface area contributed by atoms with Crippen molar-refractivity contribution in [1.82, 2.24) is 0 Å². The first-order valence-electron chi connectivity index (χ1n) is 7.62. The second-order valence-electron chi connectivity index (χ2n) is 6.66. The van der Waals surface area contributed by atoms with Crippen LogP contribution in [0.5, 0.6) is 0 Å². The fourth-order valence-electron chi connectivity index (χ4n) is 2.62. The molecule has 3 nitrogen and oxygen atoms in total. The number of nitrogens with zero attached hydrogens (tertiary/aromatic N) is 1. The average Bonchev–Trinajstić information content (AvgIpc) is 2.56. The molecule has 0 spiro atoms. The van der Waals surface area contributed by atoms with Crippen molar-refractivity contribution in [2.75, 3.05) is 13.2 Å². The van der Waals surface area contributed by atoms with Gasteiger partial charge >= 0.3 is 7.12 Å². The van der Waals surface area contributed by atoms with Gasteiger partial charge in [-0.25, -0.2) is 8.78 Å². The van der Waals surface area contributed by atoms with Gasteiger partial charge in [-0.3, -0.25) is 0 Å². The van der Waals surface area contributed by atoms with Gasteiger partial charge in [-0.15, -0.1) is 0 Å². The van der Waals surface area contributed by atoms with Gasteiger partial charge in [-0.1, -0.05) is 32.0 Å². The zero-order valence-corrected chi connectivity index (χ0v) is 13.5. The lowest BCUT2D eigenvalue weighted by atomic mass is 9.75. The Morgan fingerprint density at radius 1 is 1.04 bits per heavy atom. The highest BCUT2D eigenvalue weighted by atomic mass is 19.1. The second kappa shape index (κ2) is 6.35. The number of halogens is 2. The number of hydrogen-bond donors (Lipinski definition) is 0. The summed E-state index contributed by atoms with van der Waals surface area (Å²) in [5.41, 5.74) is 1.24. The van der Waals surface area contributed by atoms with E-state index >= 15 is 0 Å². The molecule has 0 unspecified atom stereocenters. The molecule has 0 aliphatic carbocycles. The molecular formula is C18H16BF2NO2. The summed E-state index contributed by atoms with van der Waals surface area (Å²) in [7, 11) is -0.580. The van der Waals surface area contributed by atoms with E-state index in [0.717, 1.165) is 6.07 Å². The monoisotopic (exact) mass is 327 g/mol. The largest absolute Gasteiger partial charge is 0.493 e. The van der Waals surface area contributed by atoms with Crippen LogP contribution in [0.3, 0.4) is 0 Å². The highest BCUT2D eigenvalue weighted by Crippen LogP contribution is 2.27. The Balaban J connectivity index is 1.98. The lowest BCUT2D eigenvalue weighted by Crippen LogP contribution is -2.47. The molecule has 24 heavy (non-hydrogen) atoms. The normalized spacial score (nSPS) is 16.7. The van der Waals surface area contributed by atoms with Gasteiger partial charge in [-0.05, 0) is 23.7 Å². The molecule has 1 heterocycles. The smallest absolute Gasteiger partial charge is 0.407 e. The molecule has 6 heteroatoms. The summed E-state index contributed by atoms with van der Waals surface area (Å²) in [6, 6.07) is 10.1. The summed E-state index contributed by atoms with van der Waals surface area (Å²) >= 11 is 0. The van der Waals surface area contributed by atoms with Crippen molar-refractivity contribution in [3.8, 4) is 17.2 Å². The maximum absolute atomic E-state index is 14.3. The van der Waals surface area contributed by atoms with Crippen molar-refractivity contribution >= 4 is 12.6 Å². The van der Waals surface area contributed by atoms with Gasteiger partial charge < -0.3 is 9.31 Å². The topological polar surface area (TPSA) is 42.2 Å². The van der Waals surface area contributed by atoms with E-state index < -0.39 is 18.8 Å². The van der Waals surface area contributed by atoms with Crippen LogP contribution in [0.2, 0.25) is 0 Å². The van der Waals surface area contributed by atoms with Crippen LogP contribution in [0.4, 0.5) is 8.78 Å². The van der Waals surface area contributed by atoms with Gasteiger partial charge in [0.05, 0.1) is 11.6 Å². The minimum absolute atomic E-state index is 0.0652. The summed E-state index contributed by atoms with van der Waals surface area (Å²) < 4.78 is 39.0. The lowest BCUT2D eigenvalue weighted by molar-refractivity contribution is 0.0343. The number of nitriles is 1. The Morgan fingerprint density at radius 2 is 1.75 bits per heavy atom. The molecule has 2 aromatic carbocycles. The third kappa shape index (κ3) is 3.33. The first-order chi connectivity index (χ1) is 11.4. The first-order valence-corrected chi connectivity index (χ1v) is 7.62. The van der Waals surface area contributed by atoms with Crippen molar-refractivity contribution in [3.63, 3.8) is 0 Å². The van der Waals surface area contributed by atoms with Gasteiger partial charge in [0, 0.05) is 29.8 Å². The van der Waals surface area contributed by atoms with Crippen molar-refractivity contribution in [2.24, 2.45) is 5.41 Å². The zero-order chi connectivity index (χ0) is 17.3. The maximum Gasteiger partial charge on any atom is 0.493 e. The Hall–Kier alpha value is -2.23. The molecule has 1 fully saturated rings. The Morgan fingerprint density at radius 3 is 2.42 bits per heavy atom. The van der Waals surface area contributed by atoms with E-state index in [1.165, 1.54) is 18.2 Å². The SMILES string of the molecule is CC1(C)COB(c2ccc(F)c(-c3ccc(F)cc3C#N)c2)OC1. The molecule has 1 aliphatic rings. The van der Waals surface area contributed by atoms with Crippen LogP contribution in [0.1, 0.15) is 19.4 Å². The number of benzene rings is 2. The summed E-state index contributed by atoms with van der Waals surface area (Å²) in [4.78, 5) is 0. The summed E-state index contributed by atoms with van der Waals surface area (Å²) in [6.07, 6.45) is 0. The zero-order valence-electron chi connectivity index (χ0n) is 13.5. The molecule has 3 rings (SSSR count). The van der Waals surface area contributed by atoms with Crippen LogP contribution < -0.4 is 5.46 Å². The predicted molar refractivity (Wildman–Crippen MR) is 87.6 cm³/mol. The highest BCUT2D eigenvalue weighted by Gasteiger charge is 2.33. The standard InChI is InChI=1S/C18H16BF2NO2/c1-18(2)10-23-19(24-11-18)13-3-6-17(21)16(8-13)15-5-4-14(20)7-12(15)9-22/h3-8H,10-11H2,1-2H3. The molecule has 0 bridgehead atoms. The van der Waals surface area contributed by atoms with Crippen molar-refractivity contribution in [1.29, 1.82) is 5.26 Å². The molecular weight excluding hydrogens is 311 g/mol. The van der Waals surface area contributed by atoms with Gasteiger partial charge in [0.1, 0.15) is 11.6 Å². The van der Waals surface area contributed by atoms with Gasteiger partial charge in [0.15, 0.2) is 0 Å². The molecule has 2 aromatic rings. The lowest BCUT2D eigenvalue weighted by Gasteiger charge is -2.33.